The van der Waals surface area contributed by atoms with Gasteiger partial charge in [0.25, 0.3) is 0 Å². The number of benzene rings is 1. The molecule has 1 atom stereocenters. The second-order valence-electron chi connectivity index (χ2n) is 5.04. The van der Waals surface area contributed by atoms with Gasteiger partial charge >= 0.3 is 0 Å². The number of phenolic OH excluding ortho intramolecular Hbond substituents is 1. The van der Waals surface area contributed by atoms with Crippen LogP contribution in [0.15, 0.2) is 24.3 Å². The van der Waals surface area contributed by atoms with E-state index in [2.05, 4.69) is 12.2 Å². The molecule has 0 aromatic heterocycles. The first-order chi connectivity index (χ1) is 8.87. The molecular weight excluding hydrogens is 262 g/mol. The fourth-order valence-corrected chi connectivity index (χ4v) is 2.50. The summed E-state index contributed by atoms with van der Waals surface area (Å²) in [6.45, 7) is 2.82. The normalized spacial score (nSPS) is 13.4. The summed E-state index contributed by atoms with van der Waals surface area (Å²) in [6.07, 6.45) is 3.85. The quantitative estimate of drug-likeness (QED) is 0.714. The van der Waals surface area contributed by atoms with Crippen molar-refractivity contribution in [3.05, 3.63) is 29.8 Å². The summed E-state index contributed by atoms with van der Waals surface area (Å²) in [4.78, 5) is 0. The topological polar surface area (TPSA) is 66.4 Å². The maximum Gasteiger partial charge on any atom is 0.147 e. The molecule has 4 nitrogen and oxygen atoms in total. The zero-order valence-corrected chi connectivity index (χ0v) is 12.4. The second kappa shape index (κ2) is 7.50. The Bertz CT molecular complexity index is 468. The van der Waals surface area contributed by atoms with Gasteiger partial charge in [0, 0.05) is 12.3 Å². The van der Waals surface area contributed by atoms with Gasteiger partial charge in [-0.3, -0.25) is 0 Å². The lowest BCUT2D eigenvalue weighted by Gasteiger charge is -2.13. The molecule has 1 aromatic rings. The highest BCUT2D eigenvalue weighted by molar-refractivity contribution is 7.90. The van der Waals surface area contributed by atoms with Crippen LogP contribution in [0, 0.1) is 0 Å². The Labute approximate surface area is 115 Å². The van der Waals surface area contributed by atoms with E-state index in [9.17, 15) is 13.5 Å². The van der Waals surface area contributed by atoms with E-state index < -0.39 is 9.84 Å². The van der Waals surface area contributed by atoms with Crippen molar-refractivity contribution in [2.24, 2.45) is 0 Å². The first-order valence-electron chi connectivity index (χ1n) is 6.56. The molecule has 108 valence electrons. The maximum absolute atomic E-state index is 11.0. The van der Waals surface area contributed by atoms with Crippen molar-refractivity contribution in [1.29, 1.82) is 0 Å². The summed E-state index contributed by atoms with van der Waals surface area (Å²) in [5, 5.41) is 12.5. The average Bonchev–Trinajstić information content (AvgIpc) is 2.33. The molecule has 0 aliphatic carbocycles. The van der Waals surface area contributed by atoms with Crippen LogP contribution < -0.4 is 5.32 Å². The number of rotatable bonds is 8. The SMILES string of the molecule is CC(CCc1ccc(O)cc1)NCCCS(C)(=O)=O. The predicted octanol–water partition coefficient (Wildman–Crippen LogP) is 1.74. The molecule has 1 rings (SSSR count). The van der Waals surface area contributed by atoms with E-state index in [1.165, 1.54) is 11.8 Å². The number of nitrogens with one attached hydrogen (secondary N) is 1. The van der Waals surface area contributed by atoms with Crippen molar-refractivity contribution in [3.8, 4) is 5.75 Å². The van der Waals surface area contributed by atoms with Crippen LogP contribution in [0.1, 0.15) is 25.3 Å². The number of hydrogen-bond acceptors (Lipinski definition) is 4. The monoisotopic (exact) mass is 285 g/mol. The molecule has 0 heterocycles. The third-order valence-electron chi connectivity index (χ3n) is 2.99. The lowest BCUT2D eigenvalue weighted by Crippen LogP contribution is -2.28. The molecule has 0 saturated heterocycles. The third kappa shape index (κ3) is 7.85. The molecule has 0 bridgehead atoms. The van der Waals surface area contributed by atoms with Gasteiger partial charge in [-0.05, 0) is 50.4 Å². The lowest BCUT2D eigenvalue weighted by atomic mass is 10.1. The van der Waals surface area contributed by atoms with Crippen molar-refractivity contribution >= 4 is 9.84 Å². The van der Waals surface area contributed by atoms with Crippen molar-refractivity contribution in [3.63, 3.8) is 0 Å². The molecule has 0 amide bonds. The molecule has 0 spiro atoms. The van der Waals surface area contributed by atoms with E-state index >= 15 is 0 Å². The van der Waals surface area contributed by atoms with Gasteiger partial charge in [-0.15, -0.1) is 0 Å². The van der Waals surface area contributed by atoms with E-state index in [4.69, 9.17) is 0 Å². The highest BCUT2D eigenvalue weighted by atomic mass is 32.2. The average molecular weight is 285 g/mol. The molecule has 19 heavy (non-hydrogen) atoms. The van der Waals surface area contributed by atoms with Gasteiger partial charge in [-0.25, -0.2) is 8.42 Å². The molecule has 0 fully saturated rings. The molecule has 1 aromatic carbocycles. The summed E-state index contributed by atoms with van der Waals surface area (Å²) in [6, 6.07) is 7.59. The molecule has 0 aliphatic rings. The number of aryl methyl sites for hydroxylation is 1. The van der Waals surface area contributed by atoms with E-state index in [-0.39, 0.29) is 11.5 Å². The minimum absolute atomic E-state index is 0.241. The number of aromatic hydroxyl groups is 1. The Balaban J connectivity index is 2.17. The van der Waals surface area contributed by atoms with Crippen molar-refractivity contribution in [1.82, 2.24) is 5.32 Å². The van der Waals surface area contributed by atoms with Gasteiger partial charge in [-0.2, -0.15) is 0 Å². The van der Waals surface area contributed by atoms with Gasteiger partial charge in [-0.1, -0.05) is 12.1 Å². The van der Waals surface area contributed by atoms with Crippen LogP contribution in [0.2, 0.25) is 0 Å². The van der Waals surface area contributed by atoms with Crippen LogP contribution >= 0.6 is 0 Å². The van der Waals surface area contributed by atoms with Crippen LogP contribution in [-0.4, -0.2) is 38.1 Å². The summed E-state index contributed by atoms with van der Waals surface area (Å²) in [7, 11) is -2.85. The standard InChI is InChI=1S/C14H23NO3S/c1-12(15-10-3-11-19(2,17)18)4-5-13-6-8-14(16)9-7-13/h6-9,12,15-16H,3-5,10-11H2,1-2H3. The molecular formula is C14H23NO3S. The minimum atomic E-state index is -2.85. The minimum Gasteiger partial charge on any atom is -0.508 e. The highest BCUT2D eigenvalue weighted by Crippen LogP contribution is 2.11. The van der Waals surface area contributed by atoms with E-state index in [1.54, 1.807) is 12.1 Å². The molecule has 0 aliphatic heterocycles. The van der Waals surface area contributed by atoms with E-state index in [0.717, 1.165) is 19.4 Å². The molecule has 0 radical (unpaired) electrons. The Kier molecular flexibility index (Phi) is 6.31. The smallest absolute Gasteiger partial charge is 0.147 e. The summed E-state index contributed by atoms with van der Waals surface area (Å²) in [5.41, 5.74) is 1.20. The van der Waals surface area contributed by atoms with E-state index in [0.29, 0.717) is 12.5 Å². The Hall–Kier alpha value is -1.07. The predicted molar refractivity (Wildman–Crippen MR) is 78.2 cm³/mol. The van der Waals surface area contributed by atoms with Crippen LogP contribution in [0.4, 0.5) is 0 Å². The van der Waals surface area contributed by atoms with Gasteiger partial charge in [0.05, 0.1) is 5.75 Å². The van der Waals surface area contributed by atoms with Crippen LogP contribution in [0.5, 0.6) is 5.75 Å². The number of phenols is 1. The molecule has 2 N–H and O–H groups in total. The maximum atomic E-state index is 11.0. The zero-order chi connectivity index (χ0) is 14.3. The highest BCUT2D eigenvalue weighted by Gasteiger charge is 2.04. The first kappa shape index (κ1) is 16.0. The summed E-state index contributed by atoms with van der Waals surface area (Å²) < 4.78 is 21.9. The molecule has 5 heteroatoms. The third-order valence-corrected chi connectivity index (χ3v) is 4.02. The molecule has 0 saturated carbocycles. The van der Waals surface area contributed by atoms with Gasteiger partial charge in [0.15, 0.2) is 0 Å². The van der Waals surface area contributed by atoms with Gasteiger partial charge in [0.2, 0.25) is 0 Å². The molecule has 1 unspecified atom stereocenters. The number of sulfone groups is 1. The largest absolute Gasteiger partial charge is 0.508 e. The van der Waals surface area contributed by atoms with Crippen molar-refractivity contribution in [2.75, 3.05) is 18.6 Å². The second-order valence-corrected chi connectivity index (χ2v) is 7.30. The van der Waals surface area contributed by atoms with E-state index in [1.807, 2.05) is 12.1 Å². The Morgan fingerprint density at radius 1 is 1.26 bits per heavy atom. The fraction of sp³-hybridized carbons (Fsp3) is 0.571. The summed E-state index contributed by atoms with van der Waals surface area (Å²) >= 11 is 0. The zero-order valence-electron chi connectivity index (χ0n) is 11.6. The van der Waals surface area contributed by atoms with Crippen LogP contribution in [0.25, 0.3) is 0 Å². The summed E-state index contributed by atoms with van der Waals surface area (Å²) in [5.74, 6) is 0.528. The number of hydrogen-bond donors (Lipinski definition) is 2. The van der Waals surface area contributed by atoms with Gasteiger partial charge < -0.3 is 10.4 Å². The van der Waals surface area contributed by atoms with Gasteiger partial charge in [0.1, 0.15) is 15.6 Å². The Morgan fingerprint density at radius 2 is 1.89 bits per heavy atom. The first-order valence-corrected chi connectivity index (χ1v) is 8.62. The van der Waals surface area contributed by atoms with Crippen molar-refractivity contribution < 1.29 is 13.5 Å². The lowest BCUT2D eigenvalue weighted by molar-refractivity contribution is 0.474. The Morgan fingerprint density at radius 3 is 2.47 bits per heavy atom. The van der Waals surface area contributed by atoms with Crippen LogP contribution in [-0.2, 0) is 16.3 Å². The van der Waals surface area contributed by atoms with Crippen LogP contribution in [0.3, 0.4) is 0 Å². The van der Waals surface area contributed by atoms with Crippen molar-refractivity contribution in [2.45, 2.75) is 32.2 Å². The fourth-order valence-electron chi connectivity index (χ4n) is 1.83.